The van der Waals surface area contributed by atoms with Gasteiger partial charge in [0.2, 0.25) is 0 Å². The number of anilines is 1. The Kier molecular flexibility index (Phi) is 5.75. The van der Waals surface area contributed by atoms with Gasteiger partial charge in [-0.15, -0.1) is 0 Å². The summed E-state index contributed by atoms with van der Waals surface area (Å²) in [5.41, 5.74) is -0.345. The first-order valence-corrected chi connectivity index (χ1v) is 9.80. The van der Waals surface area contributed by atoms with Crippen LogP contribution in [-0.2, 0) is 14.3 Å². The molecule has 1 aromatic rings. The van der Waals surface area contributed by atoms with Crippen LogP contribution in [0.2, 0.25) is 0 Å². The van der Waals surface area contributed by atoms with E-state index in [-0.39, 0.29) is 12.0 Å². The molecule has 148 valence electrons. The Morgan fingerprint density at radius 2 is 1.74 bits per heavy atom. The quantitative estimate of drug-likeness (QED) is 0.754. The van der Waals surface area contributed by atoms with E-state index in [0.717, 1.165) is 31.4 Å². The second-order valence-corrected chi connectivity index (χ2v) is 8.31. The lowest BCUT2D eigenvalue weighted by atomic mass is 10.2. The van der Waals surface area contributed by atoms with E-state index < -0.39 is 11.2 Å². The molecule has 0 bridgehead atoms. The van der Waals surface area contributed by atoms with E-state index in [1.54, 1.807) is 4.90 Å². The fourth-order valence-electron chi connectivity index (χ4n) is 3.28. The number of hydrogen-bond acceptors (Lipinski definition) is 4. The van der Waals surface area contributed by atoms with Gasteiger partial charge in [-0.05, 0) is 58.6 Å². The SMILES string of the molecule is CC(C)(C)OC(=O)N1CCCCN(c2ccccc2)C(=O)C2(CC2)OCC1. The standard InChI is InChI=1S/C21H30N2O4/c1-20(2,3)27-19(25)22-13-7-8-14-23(17-9-5-4-6-10-17)18(24)21(11-12-21)26-16-15-22/h4-6,9-10H,7-8,11-16H2,1-3H3. The molecule has 0 radical (unpaired) electrons. The molecule has 1 spiro atoms. The van der Waals surface area contributed by atoms with E-state index in [2.05, 4.69) is 0 Å². The highest BCUT2D eigenvalue weighted by Gasteiger charge is 2.53. The Bertz CT molecular complexity index is 665. The molecular weight excluding hydrogens is 344 g/mol. The van der Waals surface area contributed by atoms with Crippen LogP contribution in [0.4, 0.5) is 10.5 Å². The molecule has 6 heteroatoms. The van der Waals surface area contributed by atoms with Crippen molar-refractivity contribution in [2.75, 3.05) is 31.1 Å². The molecule has 3 rings (SSSR count). The highest BCUT2D eigenvalue weighted by atomic mass is 16.6. The topological polar surface area (TPSA) is 59.1 Å². The fraction of sp³-hybridized carbons (Fsp3) is 0.619. The van der Waals surface area contributed by atoms with E-state index in [0.29, 0.717) is 26.2 Å². The van der Waals surface area contributed by atoms with Crippen LogP contribution in [0.5, 0.6) is 0 Å². The van der Waals surface area contributed by atoms with Gasteiger partial charge in [0.05, 0.1) is 6.61 Å². The number of benzene rings is 1. The second kappa shape index (κ2) is 7.89. The van der Waals surface area contributed by atoms with Crippen molar-refractivity contribution in [3.05, 3.63) is 30.3 Å². The van der Waals surface area contributed by atoms with Gasteiger partial charge in [0.15, 0.2) is 0 Å². The van der Waals surface area contributed by atoms with Gasteiger partial charge in [0.1, 0.15) is 11.2 Å². The molecule has 0 N–H and O–H groups in total. The minimum Gasteiger partial charge on any atom is -0.444 e. The maximum atomic E-state index is 13.2. The molecule has 2 amide bonds. The Morgan fingerprint density at radius 3 is 2.37 bits per heavy atom. The highest BCUT2D eigenvalue weighted by molar-refractivity contribution is 6.01. The minimum atomic E-state index is -0.722. The minimum absolute atomic E-state index is 0.0411. The summed E-state index contributed by atoms with van der Waals surface area (Å²) in [5, 5.41) is 0. The zero-order valence-electron chi connectivity index (χ0n) is 16.6. The summed E-state index contributed by atoms with van der Waals surface area (Å²) in [6.45, 7) is 7.59. The molecule has 1 aliphatic carbocycles. The number of amides is 2. The number of ether oxygens (including phenoxy) is 2. The van der Waals surface area contributed by atoms with Crippen molar-refractivity contribution in [1.82, 2.24) is 4.90 Å². The lowest BCUT2D eigenvalue weighted by molar-refractivity contribution is -0.133. The zero-order valence-corrected chi connectivity index (χ0v) is 16.6. The smallest absolute Gasteiger partial charge is 0.410 e. The van der Waals surface area contributed by atoms with Gasteiger partial charge in [0, 0.05) is 25.3 Å². The molecule has 6 nitrogen and oxygen atoms in total. The molecule has 2 aliphatic rings. The monoisotopic (exact) mass is 374 g/mol. The van der Waals surface area contributed by atoms with E-state index >= 15 is 0 Å². The largest absolute Gasteiger partial charge is 0.444 e. The second-order valence-electron chi connectivity index (χ2n) is 8.31. The summed E-state index contributed by atoms with van der Waals surface area (Å²) in [7, 11) is 0. The van der Waals surface area contributed by atoms with Crippen molar-refractivity contribution in [1.29, 1.82) is 0 Å². The predicted octanol–water partition coefficient (Wildman–Crippen LogP) is 3.60. The van der Waals surface area contributed by atoms with Crippen LogP contribution in [0, 0.1) is 0 Å². The van der Waals surface area contributed by atoms with Gasteiger partial charge in [-0.1, -0.05) is 18.2 Å². The number of hydrogen-bond donors (Lipinski definition) is 0. The zero-order chi connectivity index (χ0) is 19.5. The van der Waals surface area contributed by atoms with E-state index in [1.807, 2.05) is 56.0 Å². The van der Waals surface area contributed by atoms with Crippen LogP contribution >= 0.6 is 0 Å². The molecule has 1 aromatic carbocycles. The van der Waals surface area contributed by atoms with Crippen LogP contribution in [0.3, 0.4) is 0 Å². The molecule has 1 heterocycles. The van der Waals surface area contributed by atoms with Crippen molar-refractivity contribution >= 4 is 17.7 Å². The van der Waals surface area contributed by atoms with Crippen molar-refractivity contribution in [2.45, 2.75) is 57.7 Å². The third kappa shape index (κ3) is 5.01. The van der Waals surface area contributed by atoms with Crippen molar-refractivity contribution in [3.63, 3.8) is 0 Å². The van der Waals surface area contributed by atoms with E-state index in [4.69, 9.17) is 9.47 Å². The first-order valence-electron chi connectivity index (χ1n) is 9.80. The number of para-hydroxylation sites is 1. The molecule has 1 saturated carbocycles. The summed E-state index contributed by atoms with van der Waals surface area (Å²) in [4.78, 5) is 29.2. The summed E-state index contributed by atoms with van der Waals surface area (Å²) >= 11 is 0. The first kappa shape index (κ1) is 19.7. The predicted molar refractivity (Wildman–Crippen MR) is 104 cm³/mol. The Hall–Kier alpha value is -2.08. The van der Waals surface area contributed by atoms with Crippen molar-refractivity contribution in [2.24, 2.45) is 0 Å². The van der Waals surface area contributed by atoms with Crippen LogP contribution < -0.4 is 4.90 Å². The van der Waals surface area contributed by atoms with E-state index in [1.165, 1.54) is 0 Å². The lowest BCUT2D eigenvalue weighted by Crippen LogP contribution is -2.43. The van der Waals surface area contributed by atoms with Crippen molar-refractivity contribution in [3.8, 4) is 0 Å². The summed E-state index contributed by atoms with van der Waals surface area (Å²) in [6.07, 6.45) is 2.78. The van der Waals surface area contributed by atoms with Crippen molar-refractivity contribution < 1.29 is 19.1 Å². The normalized spacial score (nSPS) is 20.9. The van der Waals surface area contributed by atoms with Crippen LogP contribution in [0.25, 0.3) is 0 Å². The number of rotatable bonds is 1. The maximum absolute atomic E-state index is 13.2. The average molecular weight is 374 g/mol. The molecule has 0 aromatic heterocycles. The lowest BCUT2D eigenvalue weighted by Gasteiger charge is -2.28. The number of nitrogens with zero attached hydrogens (tertiary/aromatic N) is 2. The number of carbonyl (C=O) groups excluding carboxylic acids is 2. The molecule has 0 atom stereocenters. The summed E-state index contributed by atoms with van der Waals surface area (Å²) in [5.74, 6) is 0.0411. The summed E-state index contributed by atoms with van der Waals surface area (Å²) < 4.78 is 11.5. The van der Waals surface area contributed by atoms with Gasteiger partial charge in [-0.25, -0.2) is 4.79 Å². The third-order valence-electron chi connectivity index (χ3n) is 4.86. The third-order valence-corrected chi connectivity index (χ3v) is 4.86. The van der Waals surface area contributed by atoms with Crippen LogP contribution in [0.1, 0.15) is 46.5 Å². The summed E-state index contributed by atoms with van der Waals surface area (Å²) in [6, 6.07) is 9.75. The van der Waals surface area contributed by atoms with Gasteiger partial charge in [-0.2, -0.15) is 0 Å². The van der Waals surface area contributed by atoms with Crippen LogP contribution in [0.15, 0.2) is 30.3 Å². The van der Waals surface area contributed by atoms with Gasteiger partial charge < -0.3 is 19.3 Å². The first-order chi connectivity index (χ1) is 12.8. The molecule has 0 unspecified atom stereocenters. The Labute approximate surface area is 161 Å². The van der Waals surface area contributed by atoms with E-state index in [9.17, 15) is 9.59 Å². The molecule has 2 fully saturated rings. The van der Waals surface area contributed by atoms with Gasteiger partial charge >= 0.3 is 6.09 Å². The maximum Gasteiger partial charge on any atom is 0.410 e. The molecule has 1 aliphatic heterocycles. The average Bonchev–Trinajstić information content (AvgIpc) is 3.39. The molecule has 27 heavy (non-hydrogen) atoms. The van der Waals surface area contributed by atoms with Gasteiger partial charge in [-0.3, -0.25) is 4.79 Å². The molecular formula is C21H30N2O4. The van der Waals surface area contributed by atoms with Gasteiger partial charge in [0.25, 0.3) is 5.91 Å². The Morgan fingerprint density at radius 1 is 1.07 bits per heavy atom. The Balaban J connectivity index is 1.72. The fourth-order valence-corrected chi connectivity index (χ4v) is 3.28. The number of carbonyl (C=O) groups is 2. The molecule has 1 saturated heterocycles. The highest BCUT2D eigenvalue weighted by Crippen LogP contribution is 2.42. The van der Waals surface area contributed by atoms with Crippen LogP contribution in [-0.4, -0.2) is 54.3 Å².